The van der Waals surface area contributed by atoms with Crippen molar-refractivity contribution >= 4 is 10.9 Å². The molecule has 8 heteroatoms. The summed E-state index contributed by atoms with van der Waals surface area (Å²) in [7, 11) is 1.66. The molecule has 1 aromatic carbocycles. The van der Waals surface area contributed by atoms with E-state index in [0.717, 1.165) is 36.0 Å². The number of likely N-dealkylation sites (tertiary alicyclic amines) is 1. The van der Waals surface area contributed by atoms with Crippen LogP contribution in [-0.4, -0.2) is 56.9 Å². The first-order valence-electron chi connectivity index (χ1n) is 10.2. The van der Waals surface area contributed by atoms with Crippen molar-refractivity contribution in [2.75, 3.05) is 26.8 Å². The molecule has 2 atom stereocenters. The average Bonchev–Trinajstić information content (AvgIpc) is 3.15. The van der Waals surface area contributed by atoms with Crippen LogP contribution in [-0.2, 0) is 11.3 Å². The molecule has 0 aliphatic carbocycles. The summed E-state index contributed by atoms with van der Waals surface area (Å²) in [6, 6.07) is 7.76. The Labute approximate surface area is 169 Å². The molecule has 1 aliphatic rings. The van der Waals surface area contributed by atoms with Crippen molar-refractivity contribution in [3.05, 3.63) is 51.6 Å². The van der Waals surface area contributed by atoms with Gasteiger partial charge in [0.2, 0.25) is 0 Å². The van der Waals surface area contributed by atoms with Gasteiger partial charge in [-0.05, 0) is 66.2 Å². The van der Waals surface area contributed by atoms with Crippen LogP contribution in [0.4, 0.5) is 0 Å². The van der Waals surface area contributed by atoms with Crippen LogP contribution in [0.2, 0.25) is 0 Å². The molecule has 29 heavy (non-hydrogen) atoms. The number of aryl methyl sites for hydroxylation is 1. The van der Waals surface area contributed by atoms with E-state index in [9.17, 15) is 4.79 Å². The number of piperidine rings is 1. The van der Waals surface area contributed by atoms with Gasteiger partial charge in [0.15, 0.2) is 5.82 Å². The van der Waals surface area contributed by atoms with Crippen molar-refractivity contribution in [3.63, 3.8) is 0 Å². The molecule has 1 saturated heterocycles. The van der Waals surface area contributed by atoms with Crippen LogP contribution in [0, 0.1) is 12.8 Å². The maximum atomic E-state index is 13.1. The molecule has 0 amide bonds. The smallest absolute Gasteiger partial charge is 0.253 e. The summed E-state index contributed by atoms with van der Waals surface area (Å²) < 4.78 is 6.97. The third-order valence-corrected chi connectivity index (χ3v) is 5.69. The quantitative estimate of drug-likeness (QED) is 0.688. The largest absolute Gasteiger partial charge is 0.383 e. The first-order chi connectivity index (χ1) is 14.1. The molecule has 0 unspecified atom stereocenters. The molecule has 3 heterocycles. The molecule has 1 N–H and O–H groups in total. The number of hydrogen-bond donors (Lipinski definition) is 1. The molecular formula is C21H28N6O2. The Balaban J connectivity index is 1.84. The number of tetrazole rings is 1. The summed E-state index contributed by atoms with van der Waals surface area (Å²) in [6.45, 7) is 7.19. The number of H-pyrrole nitrogens is 1. The molecule has 1 aliphatic heterocycles. The molecule has 0 saturated carbocycles. The molecule has 154 valence electrons. The van der Waals surface area contributed by atoms with Crippen LogP contribution in [0.1, 0.15) is 42.8 Å². The maximum absolute atomic E-state index is 13.1. The van der Waals surface area contributed by atoms with Crippen LogP contribution in [0.3, 0.4) is 0 Å². The van der Waals surface area contributed by atoms with E-state index in [0.29, 0.717) is 30.5 Å². The Hall–Kier alpha value is -2.58. The molecule has 4 rings (SSSR count). The van der Waals surface area contributed by atoms with Crippen molar-refractivity contribution in [3.8, 4) is 0 Å². The highest BCUT2D eigenvalue weighted by molar-refractivity contribution is 5.79. The second kappa shape index (κ2) is 8.42. The summed E-state index contributed by atoms with van der Waals surface area (Å²) >= 11 is 0. The highest BCUT2D eigenvalue weighted by atomic mass is 16.5. The van der Waals surface area contributed by atoms with Gasteiger partial charge >= 0.3 is 0 Å². The van der Waals surface area contributed by atoms with Gasteiger partial charge in [-0.1, -0.05) is 18.6 Å². The third-order valence-electron chi connectivity index (χ3n) is 5.69. The van der Waals surface area contributed by atoms with E-state index in [1.54, 1.807) is 11.8 Å². The lowest BCUT2D eigenvalue weighted by Gasteiger charge is -2.36. The number of fused-ring (bicyclic) bond motifs is 1. The fraction of sp³-hybridized carbons (Fsp3) is 0.524. The standard InChI is InChI=1S/C21H28N6O2/c1-14-6-7-18-16(11-14)12-17(21(28)22-18)19(26-8-4-5-15(2)13-26)20-23-24-25-27(20)9-10-29-3/h6-7,11-12,15,19H,4-5,8-10,13H2,1-3H3,(H,22,28)/t15-,19+/m0/s1. The van der Waals surface area contributed by atoms with E-state index in [4.69, 9.17) is 4.74 Å². The van der Waals surface area contributed by atoms with E-state index in [1.165, 1.54) is 6.42 Å². The monoisotopic (exact) mass is 396 g/mol. The van der Waals surface area contributed by atoms with E-state index in [2.05, 4.69) is 45.3 Å². The second-order valence-electron chi connectivity index (χ2n) is 8.04. The summed E-state index contributed by atoms with van der Waals surface area (Å²) in [5, 5.41) is 13.4. The van der Waals surface area contributed by atoms with Gasteiger partial charge in [0.05, 0.1) is 13.2 Å². The minimum atomic E-state index is -0.293. The van der Waals surface area contributed by atoms with Gasteiger partial charge in [-0.2, -0.15) is 0 Å². The molecule has 1 fully saturated rings. The Morgan fingerprint density at radius 3 is 3.00 bits per heavy atom. The number of methoxy groups -OCH3 is 1. The second-order valence-corrected chi connectivity index (χ2v) is 8.04. The number of rotatable bonds is 6. The Bertz CT molecular complexity index is 1040. The first-order valence-corrected chi connectivity index (χ1v) is 10.2. The van der Waals surface area contributed by atoms with Gasteiger partial charge in [0, 0.05) is 24.7 Å². The average molecular weight is 396 g/mol. The zero-order valence-corrected chi connectivity index (χ0v) is 17.3. The SMILES string of the molecule is COCCn1nnnc1[C@@H](c1cc2cc(C)ccc2[nH]c1=O)N1CCC[C@H](C)C1. The van der Waals surface area contributed by atoms with Crippen LogP contribution >= 0.6 is 0 Å². The normalized spacial score (nSPS) is 18.9. The summed E-state index contributed by atoms with van der Waals surface area (Å²) in [6.07, 6.45) is 2.30. The molecule has 3 aromatic rings. The summed E-state index contributed by atoms with van der Waals surface area (Å²) in [4.78, 5) is 18.5. The molecule has 8 nitrogen and oxygen atoms in total. The third kappa shape index (κ3) is 4.09. The highest BCUT2D eigenvalue weighted by Gasteiger charge is 2.32. The predicted molar refractivity (Wildman–Crippen MR) is 111 cm³/mol. The Morgan fingerprint density at radius 1 is 1.34 bits per heavy atom. The number of aromatic amines is 1. The minimum absolute atomic E-state index is 0.0918. The van der Waals surface area contributed by atoms with Crippen molar-refractivity contribution < 1.29 is 4.74 Å². The van der Waals surface area contributed by atoms with Crippen molar-refractivity contribution in [1.82, 2.24) is 30.1 Å². The molecular weight excluding hydrogens is 368 g/mol. The lowest BCUT2D eigenvalue weighted by Crippen LogP contribution is -2.41. The number of benzene rings is 1. The number of pyridine rings is 1. The zero-order valence-electron chi connectivity index (χ0n) is 17.3. The topological polar surface area (TPSA) is 88.9 Å². The molecule has 0 radical (unpaired) electrons. The maximum Gasteiger partial charge on any atom is 0.253 e. The van der Waals surface area contributed by atoms with Gasteiger partial charge in [-0.3, -0.25) is 9.69 Å². The van der Waals surface area contributed by atoms with E-state index >= 15 is 0 Å². The van der Waals surface area contributed by atoms with Gasteiger partial charge < -0.3 is 9.72 Å². The number of hydrogen-bond acceptors (Lipinski definition) is 6. The van der Waals surface area contributed by atoms with Crippen LogP contribution in [0.25, 0.3) is 10.9 Å². The molecule has 0 spiro atoms. The van der Waals surface area contributed by atoms with Crippen LogP contribution < -0.4 is 5.56 Å². The lowest BCUT2D eigenvalue weighted by molar-refractivity contribution is 0.137. The Morgan fingerprint density at radius 2 is 2.21 bits per heavy atom. The lowest BCUT2D eigenvalue weighted by atomic mass is 9.95. The van der Waals surface area contributed by atoms with E-state index < -0.39 is 0 Å². The fourth-order valence-corrected chi connectivity index (χ4v) is 4.25. The van der Waals surface area contributed by atoms with Gasteiger partial charge in [0.1, 0.15) is 6.04 Å². The van der Waals surface area contributed by atoms with Crippen molar-refractivity contribution in [2.45, 2.75) is 39.3 Å². The number of aromatic nitrogens is 5. The number of nitrogens with one attached hydrogen (secondary N) is 1. The minimum Gasteiger partial charge on any atom is -0.383 e. The summed E-state index contributed by atoms with van der Waals surface area (Å²) in [5.41, 5.74) is 2.59. The number of nitrogens with zero attached hydrogens (tertiary/aromatic N) is 5. The van der Waals surface area contributed by atoms with E-state index in [1.807, 2.05) is 18.2 Å². The van der Waals surface area contributed by atoms with Crippen molar-refractivity contribution in [2.24, 2.45) is 5.92 Å². The number of ether oxygens (including phenoxy) is 1. The Kier molecular flexibility index (Phi) is 5.73. The predicted octanol–water partition coefficient (Wildman–Crippen LogP) is 2.29. The summed E-state index contributed by atoms with van der Waals surface area (Å²) in [5.74, 6) is 1.25. The fourth-order valence-electron chi connectivity index (χ4n) is 4.25. The van der Waals surface area contributed by atoms with Crippen LogP contribution in [0.5, 0.6) is 0 Å². The van der Waals surface area contributed by atoms with Gasteiger partial charge in [-0.25, -0.2) is 4.68 Å². The van der Waals surface area contributed by atoms with Crippen LogP contribution in [0.15, 0.2) is 29.1 Å². The van der Waals surface area contributed by atoms with Crippen molar-refractivity contribution in [1.29, 1.82) is 0 Å². The molecule has 0 bridgehead atoms. The van der Waals surface area contributed by atoms with E-state index in [-0.39, 0.29) is 11.6 Å². The van der Waals surface area contributed by atoms with Gasteiger partial charge in [-0.15, -0.1) is 5.10 Å². The zero-order chi connectivity index (χ0) is 20.4. The highest BCUT2D eigenvalue weighted by Crippen LogP contribution is 2.30. The molecule has 2 aromatic heterocycles. The first kappa shape index (κ1) is 19.7. The van der Waals surface area contributed by atoms with Gasteiger partial charge in [0.25, 0.3) is 5.56 Å².